The zero-order valence-corrected chi connectivity index (χ0v) is 11.1. The molecule has 0 aliphatic carbocycles. The van der Waals surface area contributed by atoms with Gasteiger partial charge in [0.25, 0.3) is 0 Å². The Balaban J connectivity index is 2.30. The SMILES string of the molecule is CC(C)(C)NC(=O)NCC1(O)CCSCC1. The van der Waals surface area contributed by atoms with Crippen molar-refractivity contribution in [3.63, 3.8) is 0 Å². The minimum absolute atomic E-state index is 0.209. The molecule has 0 radical (unpaired) electrons. The topological polar surface area (TPSA) is 61.4 Å². The molecule has 0 aromatic rings. The quantitative estimate of drug-likeness (QED) is 0.689. The summed E-state index contributed by atoms with van der Waals surface area (Å²) in [6.45, 7) is 6.13. The zero-order valence-electron chi connectivity index (χ0n) is 10.3. The number of rotatable bonds is 2. The van der Waals surface area contributed by atoms with Crippen molar-refractivity contribution in [1.29, 1.82) is 0 Å². The van der Waals surface area contributed by atoms with Crippen LogP contribution in [-0.4, -0.2) is 40.3 Å². The van der Waals surface area contributed by atoms with Crippen LogP contribution in [0.1, 0.15) is 33.6 Å². The molecule has 0 spiro atoms. The van der Waals surface area contributed by atoms with Crippen LogP contribution in [0.4, 0.5) is 4.79 Å². The fourth-order valence-corrected chi connectivity index (χ4v) is 2.81. The van der Waals surface area contributed by atoms with Crippen LogP contribution < -0.4 is 10.6 Å². The van der Waals surface area contributed by atoms with E-state index in [-0.39, 0.29) is 11.6 Å². The van der Waals surface area contributed by atoms with E-state index >= 15 is 0 Å². The van der Waals surface area contributed by atoms with Gasteiger partial charge in [-0.2, -0.15) is 11.8 Å². The van der Waals surface area contributed by atoms with Gasteiger partial charge in [-0.3, -0.25) is 0 Å². The smallest absolute Gasteiger partial charge is 0.315 e. The summed E-state index contributed by atoms with van der Waals surface area (Å²) in [6, 6.07) is -0.209. The van der Waals surface area contributed by atoms with Crippen molar-refractivity contribution in [1.82, 2.24) is 10.6 Å². The third-order valence-electron chi connectivity index (χ3n) is 2.49. The maximum atomic E-state index is 11.5. The molecule has 0 unspecified atom stereocenters. The first-order valence-corrected chi connectivity index (χ1v) is 6.82. The number of thioether (sulfide) groups is 1. The lowest BCUT2D eigenvalue weighted by Crippen LogP contribution is -2.52. The van der Waals surface area contributed by atoms with Crippen molar-refractivity contribution in [2.45, 2.75) is 44.8 Å². The molecule has 1 aliphatic rings. The van der Waals surface area contributed by atoms with Crippen LogP contribution in [0.5, 0.6) is 0 Å². The van der Waals surface area contributed by atoms with Crippen molar-refractivity contribution in [3.8, 4) is 0 Å². The first kappa shape index (κ1) is 13.6. The van der Waals surface area contributed by atoms with E-state index in [1.54, 1.807) is 0 Å². The van der Waals surface area contributed by atoms with Crippen molar-refractivity contribution in [3.05, 3.63) is 0 Å². The van der Waals surface area contributed by atoms with E-state index in [0.29, 0.717) is 6.54 Å². The molecule has 3 N–H and O–H groups in total. The number of aliphatic hydroxyl groups is 1. The lowest BCUT2D eigenvalue weighted by molar-refractivity contribution is 0.0344. The average molecular weight is 246 g/mol. The number of carbonyl (C=O) groups is 1. The Labute approximate surface area is 102 Å². The highest BCUT2D eigenvalue weighted by Gasteiger charge is 2.30. The molecule has 0 bridgehead atoms. The Morgan fingerprint density at radius 1 is 1.38 bits per heavy atom. The van der Waals surface area contributed by atoms with Crippen molar-refractivity contribution < 1.29 is 9.90 Å². The second-order valence-corrected chi connectivity index (χ2v) is 6.62. The van der Waals surface area contributed by atoms with E-state index < -0.39 is 5.60 Å². The molecule has 5 heteroatoms. The van der Waals surface area contributed by atoms with Crippen molar-refractivity contribution >= 4 is 17.8 Å². The van der Waals surface area contributed by atoms with E-state index in [0.717, 1.165) is 24.3 Å². The summed E-state index contributed by atoms with van der Waals surface area (Å²) in [5, 5.41) is 15.7. The zero-order chi connectivity index (χ0) is 12.2. The molecule has 0 atom stereocenters. The van der Waals surface area contributed by atoms with Gasteiger partial charge in [-0.1, -0.05) is 0 Å². The molecule has 1 fully saturated rings. The summed E-state index contributed by atoms with van der Waals surface area (Å²) in [7, 11) is 0. The Kier molecular flexibility index (Phi) is 4.50. The largest absolute Gasteiger partial charge is 0.388 e. The second kappa shape index (κ2) is 5.27. The summed E-state index contributed by atoms with van der Waals surface area (Å²) < 4.78 is 0. The molecule has 16 heavy (non-hydrogen) atoms. The number of nitrogens with one attached hydrogen (secondary N) is 2. The van der Waals surface area contributed by atoms with E-state index in [1.165, 1.54) is 0 Å². The Morgan fingerprint density at radius 2 is 1.94 bits per heavy atom. The van der Waals surface area contributed by atoms with Crippen LogP contribution in [0.15, 0.2) is 0 Å². The van der Waals surface area contributed by atoms with Crippen molar-refractivity contribution in [2.24, 2.45) is 0 Å². The number of urea groups is 1. The first-order valence-electron chi connectivity index (χ1n) is 5.67. The summed E-state index contributed by atoms with van der Waals surface area (Å²) in [6.07, 6.45) is 1.51. The number of carbonyl (C=O) groups excluding carboxylic acids is 1. The van der Waals surface area contributed by atoms with Gasteiger partial charge < -0.3 is 15.7 Å². The van der Waals surface area contributed by atoms with Crippen LogP contribution in [-0.2, 0) is 0 Å². The molecule has 4 nitrogen and oxygen atoms in total. The minimum atomic E-state index is -0.708. The van der Waals surface area contributed by atoms with Crippen LogP contribution in [0.2, 0.25) is 0 Å². The molecule has 1 rings (SSSR count). The minimum Gasteiger partial charge on any atom is -0.388 e. The third kappa shape index (κ3) is 5.07. The number of hydrogen-bond donors (Lipinski definition) is 3. The van der Waals surface area contributed by atoms with Crippen LogP contribution in [0.3, 0.4) is 0 Å². The van der Waals surface area contributed by atoms with E-state index in [1.807, 2.05) is 32.5 Å². The van der Waals surface area contributed by atoms with E-state index in [2.05, 4.69) is 10.6 Å². The summed E-state index contributed by atoms with van der Waals surface area (Å²) >= 11 is 1.85. The molecule has 1 heterocycles. The molecule has 2 amide bonds. The molecule has 94 valence electrons. The maximum absolute atomic E-state index is 11.5. The van der Waals surface area contributed by atoms with Crippen LogP contribution in [0, 0.1) is 0 Å². The number of amides is 2. The molecule has 0 aromatic heterocycles. The van der Waals surface area contributed by atoms with Gasteiger partial charge in [0.1, 0.15) is 0 Å². The molecule has 1 saturated heterocycles. The predicted molar refractivity (Wildman–Crippen MR) is 67.8 cm³/mol. The van der Waals surface area contributed by atoms with Crippen LogP contribution >= 0.6 is 11.8 Å². The first-order chi connectivity index (χ1) is 7.31. The Bertz CT molecular complexity index is 245. The van der Waals surface area contributed by atoms with Gasteiger partial charge in [0.15, 0.2) is 0 Å². The Hall–Kier alpha value is -0.420. The normalized spacial score (nSPS) is 20.2. The highest BCUT2D eigenvalue weighted by atomic mass is 32.2. The summed E-state index contributed by atoms with van der Waals surface area (Å²) in [4.78, 5) is 11.5. The van der Waals surface area contributed by atoms with Crippen molar-refractivity contribution in [2.75, 3.05) is 18.1 Å². The van der Waals surface area contributed by atoms with Gasteiger partial charge in [0, 0.05) is 12.1 Å². The maximum Gasteiger partial charge on any atom is 0.315 e. The van der Waals surface area contributed by atoms with Gasteiger partial charge in [-0.05, 0) is 45.1 Å². The van der Waals surface area contributed by atoms with E-state index in [9.17, 15) is 9.90 Å². The Morgan fingerprint density at radius 3 is 2.44 bits per heavy atom. The summed E-state index contributed by atoms with van der Waals surface area (Å²) in [5.74, 6) is 1.94. The van der Waals surface area contributed by atoms with Gasteiger partial charge in [-0.25, -0.2) is 4.79 Å². The monoisotopic (exact) mass is 246 g/mol. The van der Waals surface area contributed by atoms with Gasteiger partial charge in [0.05, 0.1) is 5.60 Å². The standard InChI is InChI=1S/C11H22N2O2S/c1-10(2,3)13-9(14)12-8-11(15)4-6-16-7-5-11/h15H,4-8H2,1-3H3,(H2,12,13,14). The average Bonchev–Trinajstić information content (AvgIpc) is 2.14. The fraction of sp³-hybridized carbons (Fsp3) is 0.909. The second-order valence-electron chi connectivity index (χ2n) is 5.39. The molecular weight excluding hydrogens is 224 g/mol. The molecular formula is C11H22N2O2S. The predicted octanol–water partition coefficient (Wildman–Crippen LogP) is 1.34. The highest BCUT2D eigenvalue weighted by Crippen LogP contribution is 2.26. The summed E-state index contributed by atoms with van der Waals surface area (Å²) in [5.41, 5.74) is -0.949. The number of hydrogen-bond acceptors (Lipinski definition) is 3. The van der Waals surface area contributed by atoms with Gasteiger partial charge in [0.2, 0.25) is 0 Å². The van der Waals surface area contributed by atoms with E-state index in [4.69, 9.17) is 0 Å². The third-order valence-corrected chi connectivity index (χ3v) is 3.48. The lowest BCUT2D eigenvalue weighted by Gasteiger charge is -2.32. The molecule has 1 aliphatic heterocycles. The lowest BCUT2D eigenvalue weighted by atomic mass is 9.97. The van der Waals surface area contributed by atoms with Crippen LogP contribution in [0.25, 0.3) is 0 Å². The molecule has 0 aromatic carbocycles. The highest BCUT2D eigenvalue weighted by molar-refractivity contribution is 7.99. The molecule has 0 saturated carbocycles. The fourth-order valence-electron chi connectivity index (χ4n) is 1.56. The van der Waals surface area contributed by atoms with Gasteiger partial charge in [-0.15, -0.1) is 0 Å². The van der Waals surface area contributed by atoms with Gasteiger partial charge >= 0.3 is 6.03 Å².